The highest BCUT2D eigenvalue weighted by Gasteiger charge is 2.19. The van der Waals surface area contributed by atoms with Crippen molar-refractivity contribution in [2.24, 2.45) is 7.05 Å². The van der Waals surface area contributed by atoms with Crippen molar-refractivity contribution in [2.75, 3.05) is 38.2 Å². The Bertz CT molecular complexity index is 1010. The van der Waals surface area contributed by atoms with E-state index >= 15 is 0 Å². The van der Waals surface area contributed by atoms with Crippen LogP contribution in [0.25, 0.3) is 10.9 Å². The average Bonchev–Trinajstić information content (AvgIpc) is 2.71. The van der Waals surface area contributed by atoms with Crippen molar-refractivity contribution in [3.8, 4) is 5.88 Å². The fourth-order valence-corrected chi connectivity index (χ4v) is 3.42. The van der Waals surface area contributed by atoms with Gasteiger partial charge in [-0.1, -0.05) is 0 Å². The van der Waals surface area contributed by atoms with Gasteiger partial charge in [-0.25, -0.2) is 9.97 Å². The lowest BCUT2D eigenvalue weighted by atomic mass is 10.2. The quantitative estimate of drug-likeness (QED) is 0.683. The van der Waals surface area contributed by atoms with Crippen LogP contribution in [0.15, 0.2) is 41.7 Å². The number of ether oxygens (including phenoxy) is 1. The zero-order chi connectivity index (χ0) is 18.8. The SMILES string of the molecule is COc1ncnc2ccc(N3CCN(Cc4cncc(=O)n4C)CC3)cc12. The van der Waals surface area contributed by atoms with Gasteiger partial charge < -0.3 is 14.2 Å². The van der Waals surface area contributed by atoms with E-state index in [0.29, 0.717) is 5.88 Å². The highest BCUT2D eigenvalue weighted by molar-refractivity contribution is 5.86. The second kappa shape index (κ2) is 7.32. The topological polar surface area (TPSA) is 76.4 Å². The van der Waals surface area contributed by atoms with Crippen molar-refractivity contribution in [3.05, 3.63) is 53.0 Å². The fourth-order valence-electron chi connectivity index (χ4n) is 3.42. The predicted molar refractivity (Wildman–Crippen MR) is 103 cm³/mol. The van der Waals surface area contributed by atoms with Crippen molar-refractivity contribution in [1.82, 2.24) is 24.4 Å². The lowest BCUT2D eigenvalue weighted by Gasteiger charge is -2.36. The van der Waals surface area contributed by atoms with Gasteiger partial charge >= 0.3 is 0 Å². The molecule has 1 aromatic carbocycles. The maximum absolute atomic E-state index is 11.7. The summed E-state index contributed by atoms with van der Waals surface area (Å²) in [6.45, 7) is 4.39. The van der Waals surface area contributed by atoms with Gasteiger partial charge in [0.15, 0.2) is 0 Å². The Balaban J connectivity index is 1.47. The van der Waals surface area contributed by atoms with Crippen LogP contribution in [0.4, 0.5) is 5.69 Å². The summed E-state index contributed by atoms with van der Waals surface area (Å²) in [5.41, 5.74) is 2.88. The molecule has 1 fully saturated rings. The zero-order valence-electron chi connectivity index (χ0n) is 15.5. The Morgan fingerprint density at radius 2 is 1.93 bits per heavy atom. The van der Waals surface area contributed by atoms with Crippen LogP contribution >= 0.6 is 0 Å². The number of fused-ring (bicyclic) bond motifs is 1. The highest BCUT2D eigenvalue weighted by atomic mass is 16.5. The fraction of sp³-hybridized carbons (Fsp3) is 0.368. The van der Waals surface area contributed by atoms with Crippen molar-refractivity contribution in [1.29, 1.82) is 0 Å². The van der Waals surface area contributed by atoms with Gasteiger partial charge in [0.1, 0.15) is 6.33 Å². The van der Waals surface area contributed by atoms with Gasteiger partial charge in [0.25, 0.3) is 5.56 Å². The van der Waals surface area contributed by atoms with Gasteiger partial charge in [0, 0.05) is 51.7 Å². The Labute approximate surface area is 157 Å². The van der Waals surface area contributed by atoms with Crippen LogP contribution in [0.1, 0.15) is 5.69 Å². The minimum Gasteiger partial charge on any atom is -0.480 e. The summed E-state index contributed by atoms with van der Waals surface area (Å²) in [7, 11) is 3.42. The molecular formula is C19H22N6O2. The Morgan fingerprint density at radius 3 is 2.70 bits per heavy atom. The summed E-state index contributed by atoms with van der Waals surface area (Å²) in [6, 6.07) is 6.19. The molecule has 1 aliphatic rings. The molecule has 4 rings (SSSR count). The monoisotopic (exact) mass is 366 g/mol. The molecule has 0 bridgehead atoms. The number of aromatic nitrogens is 4. The second-order valence-electron chi connectivity index (χ2n) is 6.64. The molecule has 0 unspecified atom stereocenters. The molecule has 8 heteroatoms. The first-order chi connectivity index (χ1) is 13.2. The molecule has 0 amide bonds. The number of piperazine rings is 1. The second-order valence-corrected chi connectivity index (χ2v) is 6.64. The Morgan fingerprint density at radius 1 is 1.11 bits per heavy atom. The number of nitrogens with zero attached hydrogens (tertiary/aromatic N) is 6. The zero-order valence-corrected chi connectivity index (χ0v) is 15.5. The third-order valence-electron chi connectivity index (χ3n) is 5.07. The molecule has 0 spiro atoms. The molecule has 2 aromatic heterocycles. The number of hydrogen-bond acceptors (Lipinski definition) is 7. The molecule has 1 saturated heterocycles. The first kappa shape index (κ1) is 17.4. The molecule has 140 valence electrons. The number of benzene rings is 1. The van der Waals surface area contributed by atoms with Crippen LogP contribution in [0.5, 0.6) is 5.88 Å². The summed E-state index contributed by atoms with van der Waals surface area (Å²) >= 11 is 0. The van der Waals surface area contributed by atoms with Crippen molar-refractivity contribution in [3.63, 3.8) is 0 Å². The Hall–Kier alpha value is -3.00. The van der Waals surface area contributed by atoms with Crippen LogP contribution in [-0.2, 0) is 13.6 Å². The van der Waals surface area contributed by atoms with Crippen molar-refractivity contribution >= 4 is 16.6 Å². The van der Waals surface area contributed by atoms with Crippen LogP contribution in [0, 0.1) is 0 Å². The van der Waals surface area contributed by atoms with E-state index in [4.69, 9.17) is 4.74 Å². The molecule has 3 aromatic rings. The van der Waals surface area contributed by atoms with E-state index in [1.165, 1.54) is 12.5 Å². The third kappa shape index (κ3) is 3.48. The molecule has 0 N–H and O–H groups in total. The first-order valence-electron chi connectivity index (χ1n) is 8.91. The van der Waals surface area contributed by atoms with Crippen molar-refractivity contribution < 1.29 is 4.74 Å². The number of rotatable bonds is 4. The normalized spacial score (nSPS) is 15.3. The summed E-state index contributed by atoms with van der Waals surface area (Å²) in [5.74, 6) is 0.595. The van der Waals surface area contributed by atoms with E-state index in [9.17, 15) is 4.79 Å². The Kier molecular flexibility index (Phi) is 4.72. The van der Waals surface area contributed by atoms with Crippen LogP contribution in [-0.4, -0.2) is 57.7 Å². The van der Waals surface area contributed by atoms with E-state index in [1.807, 2.05) is 6.07 Å². The number of methoxy groups -OCH3 is 1. The van der Waals surface area contributed by atoms with Gasteiger partial charge in [-0.05, 0) is 18.2 Å². The maximum atomic E-state index is 11.7. The standard InChI is InChI=1S/C19H22N6O2/c1-23-15(10-20-11-18(23)26)12-24-5-7-25(8-6-24)14-3-4-17-16(9-14)19(27-2)22-13-21-17/h3-4,9-11,13H,5-8,12H2,1-2H3. The molecule has 1 aliphatic heterocycles. The molecule has 3 heterocycles. The molecule has 0 saturated carbocycles. The first-order valence-corrected chi connectivity index (χ1v) is 8.91. The van der Waals surface area contributed by atoms with Gasteiger partial charge in [0.2, 0.25) is 5.88 Å². The van der Waals surface area contributed by atoms with E-state index < -0.39 is 0 Å². The molecule has 0 aliphatic carbocycles. The maximum Gasteiger partial charge on any atom is 0.268 e. The van der Waals surface area contributed by atoms with Crippen LogP contribution in [0.2, 0.25) is 0 Å². The van der Waals surface area contributed by atoms with Crippen LogP contribution in [0.3, 0.4) is 0 Å². The van der Waals surface area contributed by atoms with E-state index in [1.54, 1.807) is 24.9 Å². The molecular weight excluding hydrogens is 344 g/mol. The summed E-state index contributed by atoms with van der Waals surface area (Å²) in [4.78, 5) is 28.9. The van der Waals surface area contributed by atoms with Gasteiger partial charge in [-0.15, -0.1) is 0 Å². The largest absolute Gasteiger partial charge is 0.480 e. The summed E-state index contributed by atoms with van der Waals surface area (Å²) in [6.07, 6.45) is 4.63. The minimum atomic E-state index is -0.0709. The molecule has 27 heavy (non-hydrogen) atoms. The lowest BCUT2D eigenvalue weighted by molar-refractivity contribution is 0.243. The summed E-state index contributed by atoms with van der Waals surface area (Å²) in [5, 5.41) is 0.922. The number of anilines is 1. The average molecular weight is 366 g/mol. The third-order valence-corrected chi connectivity index (χ3v) is 5.07. The van der Waals surface area contributed by atoms with Crippen molar-refractivity contribution in [2.45, 2.75) is 6.54 Å². The van der Waals surface area contributed by atoms with E-state index in [-0.39, 0.29) is 5.56 Å². The number of hydrogen-bond donors (Lipinski definition) is 0. The van der Waals surface area contributed by atoms with E-state index in [2.05, 4.69) is 36.9 Å². The summed E-state index contributed by atoms with van der Waals surface area (Å²) < 4.78 is 7.02. The molecule has 0 atom stereocenters. The van der Waals surface area contributed by atoms with Gasteiger partial charge in [-0.2, -0.15) is 0 Å². The predicted octanol–water partition coefficient (Wildman–Crippen LogP) is 1.05. The lowest BCUT2D eigenvalue weighted by Crippen LogP contribution is -2.46. The van der Waals surface area contributed by atoms with E-state index in [0.717, 1.165) is 55.0 Å². The smallest absolute Gasteiger partial charge is 0.268 e. The molecule has 0 radical (unpaired) electrons. The van der Waals surface area contributed by atoms with Gasteiger partial charge in [0.05, 0.1) is 29.9 Å². The molecule has 8 nitrogen and oxygen atoms in total. The minimum absolute atomic E-state index is 0.0709. The highest BCUT2D eigenvalue weighted by Crippen LogP contribution is 2.27. The van der Waals surface area contributed by atoms with Crippen LogP contribution < -0.4 is 15.2 Å². The van der Waals surface area contributed by atoms with Gasteiger partial charge in [-0.3, -0.25) is 14.7 Å².